The Hall–Kier alpha value is -2.78. The molecule has 0 bridgehead atoms. The number of ether oxygens (including phenoxy) is 1. The number of halogens is 3. The molecule has 1 aromatic carbocycles. The maximum Gasteiger partial charge on any atom is 0.419 e. The van der Waals surface area contributed by atoms with Crippen molar-refractivity contribution in [2.24, 2.45) is 11.7 Å². The average Bonchev–Trinajstić information content (AvgIpc) is 3.43. The van der Waals surface area contributed by atoms with Gasteiger partial charge in [-0.1, -0.05) is 37.3 Å². The zero-order chi connectivity index (χ0) is 22.7. The molecule has 1 saturated heterocycles. The van der Waals surface area contributed by atoms with Gasteiger partial charge < -0.3 is 19.9 Å². The van der Waals surface area contributed by atoms with Gasteiger partial charge in [0, 0.05) is 12.1 Å². The minimum absolute atomic E-state index is 0.0645. The Balaban J connectivity index is 1.50. The lowest BCUT2D eigenvalue weighted by Crippen LogP contribution is -2.35. The van der Waals surface area contributed by atoms with Gasteiger partial charge in [-0.3, -0.25) is 5.41 Å². The van der Waals surface area contributed by atoms with Gasteiger partial charge in [0.25, 0.3) is 0 Å². The number of benzene rings is 1. The number of nitrogens with two attached hydrogens (primary N) is 1. The summed E-state index contributed by atoms with van der Waals surface area (Å²) in [5.41, 5.74) is 4.94. The van der Waals surface area contributed by atoms with Crippen LogP contribution >= 0.6 is 0 Å². The molecule has 7 nitrogen and oxygen atoms in total. The fourth-order valence-corrected chi connectivity index (χ4v) is 4.63. The minimum Gasteiger partial charge on any atom is -0.493 e. The van der Waals surface area contributed by atoms with Crippen LogP contribution in [0, 0.1) is 11.3 Å². The number of nitrogens with zero attached hydrogens (tertiary/aromatic N) is 3. The molecule has 4 rings (SSSR count). The topological polar surface area (TPSA) is 101 Å². The molecule has 2 heterocycles. The Labute approximate surface area is 184 Å². The van der Waals surface area contributed by atoms with Crippen molar-refractivity contribution in [3.05, 3.63) is 29.7 Å². The van der Waals surface area contributed by atoms with Crippen molar-refractivity contribution in [2.75, 3.05) is 13.2 Å². The first-order chi connectivity index (χ1) is 15.3. The lowest BCUT2D eigenvalue weighted by Gasteiger charge is -2.22. The van der Waals surface area contributed by atoms with Crippen LogP contribution in [0.3, 0.4) is 0 Å². The Bertz CT molecular complexity index is 940. The summed E-state index contributed by atoms with van der Waals surface area (Å²) in [7, 11) is 0. The van der Waals surface area contributed by atoms with Crippen molar-refractivity contribution < 1.29 is 22.4 Å². The van der Waals surface area contributed by atoms with Crippen molar-refractivity contribution in [2.45, 2.75) is 63.6 Å². The molecule has 32 heavy (non-hydrogen) atoms. The molecule has 0 radical (unpaired) electrons. The summed E-state index contributed by atoms with van der Waals surface area (Å²) >= 11 is 0. The summed E-state index contributed by atoms with van der Waals surface area (Å²) < 4.78 is 52.0. The summed E-state index contributed by atoms with van der Waals surface area (Å²) in [6.07, 6.45) is 3.54. The molecule has 1 aliphatic heterocycles. The van der Waals surface area contributed by atoms with E-state index in [-0.39, 0.29) is 41.6 Å². The van der Waals surface area contributed by atoms with Crippen molar-refractivity contribution >= 4 is 5.96 Å². The minimum atomic E-state index is -4.57. The Morgan fingerprint density at radius 3 is 2.69 bits per heavy atom. The predicted octanol–water partition coefficient (Wildman–Crippen LogP) is 5.13. The van der Waals surface area contributed by atoms with Gasteiger partial charge in [-0.05, 0) is 43.4 Å². The van der Waals surface area contributed by atoms with Crippen LogP contribution in [-0.4, -0.2) is 34.2 Å². The number of guanidine groups is 1. The standard InChI is InChI=1S/C22H28F3N5O2/c23-22(24,25)16-13-15(8-9-18(16)31-12-10-14-5-2-1-3-6-14)19-28-20(32-29-19)17-7-4-11-30(17)21(26)27/h8-9,13-14,17H,1-7,10-12H2,(H3,26,27). The fraction of sp³-hybridized carbons (Fsp3) is 0.591. The summed E-state index contributed by atoms with van der Waals surface area (Å²) in [5, 5.41) is 11.5. The quantitative estimate of drug-likeness (QED) is 0.466. The number of likely N-dealkylation sites (tertiary alicyclic amines) is 1. The molecule has 174 valence electrons. The summed E-state index contributed by atoms with van der Waals surface area (Å²) in [6.45, 7) is 0.866. The average molecular weight is 451 g/mol. The molecular weight excluding hydrogens is 423 g/mol. The number of hydrogen-bond donors (Lipinski definition) is 2. The molecule has 10 heteroatoms. The maximum atomic E-state index is 13.7. The molecule has 1 aliphatic carbocycles. The van der Waals surface area contributed by atoms with E-state index in [1.54, 1.807) is 4.90 Å². The second-order valence-electron chi connectivity index (χ2n) is 8.54. The van der Waals surface area contributed by atoms with E-state index in [0.29, 0.717) is 18.9 Å². The first-order valence-corrected chi connectivity index (χ1v) is 11.1. The van der Waals surface area contributed by atoms with E-state index in [0.717, 1.165) is 31.7 Å². The lowest BCUT2D eigenvalue weighted by molar-refractivity contribution is -0.138. The highest BCUT2D eigenvalue weighted by Crippen LogP contribution is 2.39. The Morgan fingerprint density at radius 1 is 1.19 bits per heavy atom. The van der Waals surface area contributed by atoms with Crippen molar-refractivity contribution in [1.82, 2.24) is 15.0 Å². The number of rotatable bonds is 6. The smallest absolute Gasteiger partial charge is 0.419 e. The van der Waals surface area contributed by atoms with E-state index in [2.05, 4.69) is 10.1 Å². The highest BCUT2D eigenvalue weighted by molar-refractivity contribution is 5.75. The van der Waals surface area contributed by atoms with Crippen LogP contribution in [0.1, 0.15) is 68.9 Å². The van der Waals surface area contributed by atoms with Gasteiger partial charge >= 0.3 is 6.18 Å². The van der Waals surface area contributed by atoms with Crippen molar-refractivity contribution in [3.63, 3.8) is 0 Å². The van der Waals surface area contributed by atoms with Crippen LogP contribution < -0.4 is 10.5 Å². The summed E-state index contributed by atoms with van der Waals surface area (Å²) in [6, 6.07) is 3.50. The van der Waals surface area contributed by atoms with Crippen molar-refractivity contribution in [3.8, 4) is 17.1 Å². The number of aromatic nitrogens is 2. The van der Waals surface area contributed by atoms with Crippen LogP contribution in [0.25, 0.3) is 11.4 Å². The van der Waals surface area contributed by atoms with Crippen LogP contribution in [-0.2, 0) is 6.18 Å². The predicted molar refractivity (Wildman–Crippen MR) is 112 cm³/mol. The molecule has 2 fully saturated rings. The third-order valence-electron chi connectivity index (χ3n) is 6.34. The van der Waals surface area contributed by atoms with Crippen LogP contribution in [0.4, 0.5) is 13.2 Å². The van der Waals surface area contributed by atoms with E-state index in [4.69, 9.17) is 20.4 Å². The van der Waals surface area contributed by atoms with Gasteiger partial charge in [-0.2, -0.15) is 18.2 Å². The summed E-state index contributed by atoms with van der Waals surface area (Å²) in [4.78, 5) is 5.93. The van der Waals surface area contributed by atoms with Gasteiger partial charge in [-0.25, -0.2) is 0 Å². The van der Waals surface area contributed by atoms with Gasteiger partial charge in [0.05, 0.1) is 12.2 Å². The highest BCUT2D eigenvalue weighted by Gasteiger charge is 2.36. The number of alkyl halides is 3. The molecule has 0 amide bonds. The molecular formula is C22H28F3N5O2. The highest BCUT2D eigenvalue weighted by atomic mass is 19.4. The molecule has 2 aromatic rings. The molecule has 1 unspecified atom stereocenters. The van der Waals surface area contributed by atoms with Crippen LogP contribution in [0.5, 0.6) is 5.75 Å². The monoisotopic (exact) mass is 451 g/mol. The third kappa shape index (κ3) is 4.99. The van der Waals surface area contributed by atoms with Gasteiger partial charge in [-0.15, -0.1) is 0 Å². The number of hydrogen-bond acceptors (Lipinski definition) is 5. The molecule has 2 aliphatic rings. The van der Waals surface area contributed by atoms with Gasteiger partial charge in [0.1, 0.15) is 11.8 Å². The van der Waals surface area contributed by atoms with E-state index >= 15 is 0 Å². The normalized spacial score (nSPS) is 20.0. The second kappa shape index (κ2) is 9.38. The molecule has 3 N–H and O–H groups in total. The number of nitrogens with one attached hydrogen (secondary N) is 1. The fourth-order valence-electron chi connectivity index (χ4n) is 4.63. The molecule has 1 saturated carbocycles. The van der Waals surface area contributed by atoms with E-state index in [1.165, 1.54) is 31.4 Å². The van der Waals surface area contributed by atoms with Crippen molar-refractivity contribution in [1.29, 1.82) is 5.41 Å². The first-order valence-electron chi connectivity index (χ1n) is 11.1. The molecule has 1 atom stereocenters. The zero-order valence-electron chi connectivity index (χ0n) is 17.8. The van der Waals surface area contributed by atoms with E-state index < -0.39 is 11.7 Å². The van der Waals surface area contributed by atoms with E-state index in [9.17, 15) is 13.2 Å². The molecule has 0 spiro atoms. The van der Waals surface area contributed by atoms with Crippen LogP contribution in [0.15, 0.2) is 22.7 Å². The molecule has 1 aromatic heterocycles. The van der Waals surface area contributed by atoms with Crippen LogP contribution in [0.2, 0.25) is 0 Å². The second-order valence-corrected chi connectivity index (χ2v) is 8.54. The first kappa shape index (κ1) is 22.4. The third-order valence-corrected chi connectivity index (χ3v) is 6.34. The zero-order valence-corrected chi connectivity index (χ0v) is 17.8. The SMILES string of the molecule is N=C(N)N1CCCC1c1nc(-c2ccc(OCCC3CCCCC3)c(C(F)(F)F)c2)no1. The lowest BCUT2D eigenvalue weighted by atomic mass is 9.87. The maximum absolute atomic E-state index is 13.7. The van der Waals surface area contributed by atoms with Gasteiger partial charge in [0.2, 0.25) is 11.7 Å². The summed E-state index contributed by atoms with van der Waals surface area (Å²) in [5.74, 6) is 0.560. The van der Waals surface area contributed by atoms with E-state index in [1.807, 2.05) is 0 Å². The largest absolute Gasteiger partial charge is 0.493 e. The Kier molecular flexibility index (Phi) is 6.57. The Morgan fingerprint density at radius 2 is 1.97 bits per heavy atom. The van der Waals surface area contributed by atoms with Gasteiger partial charge in [0.15, 0.2) is 5.96 Å².